The Balaban J connectivity index is 1.56. The van der Waals surface area contributed by atoms with Gasteiger partial charge in [-0.3, -0.25) is 4.79 Å². The lowest BCUT2D eigenvalue weighted by molar-refractivity contribution is 0.0914. The van der Waals surface area contributed by atoms with Gasteiger partial charge in [0.25, 0.3) is 5.91 Å². The summed E-state index contributed by atoms with van der Waals surface area (Å²) in [7, 11) is 1.58. The summed E-state index contributed by atoms with van der Waals surface area (Å²) in [6, 6.07) is 22.3. The maximum atomic E-state index is 14.0. The van der Waals surface area contributed by atoms with Crippen molar-refractivity contribution in [1.82, 2.24) is 20.3 Å². The van der Waals surface area contributed by atoms with Crippen molar-refractivity contribution in [1.29, 1.82) is 0 Å². The molecule has 0 saturated carbocycles. The molecule has 0 bridgehead atoms. The molecule has 1 atom stereocenters. The summed E-state index contributed by atoms with van der Waals surface area (Å²) in [5.41, 5.74) is 2.30. The SMILES string of the molecule is COc1cccc(-n2nnc(C(=O)NC(COc3ccccc3F)c3ccccc3)c2C)c1. The summed E-state index contributed by atoms with van der Waals surface area (Å²) < 4.78 is 26.5. The third-order valence-electron chi connectivity index (χ3n) is 5.16. The number of halogens is 1. The smallest absolute Gasteiger partial charge is 0.274 e. The third kappa shape index (κ3) is 5.01. The van der Waals surface area contributed by atoms with Gasteiger partial charge in [-0.2, -0.15) is 0 Å². The second-order valence-corrected chi connectivity index (χ2v) is 7.31. The standard InChI is InChI=1S/C25H23FN4O3/c1-17-24(28-29-30(17)19-11-8-12-20(15-19)32-2)25(31)27-22(18-9-4-3-5-10-18)16-33-23-14-7-6-13-21(23)26/h3-15,22H,16H2,1-2H3,(H,27,31). The second-order valence-electron chi connectivity index (χ2n) is 7.31. The zero-order valence-corrected chi connectivity index (χ0v) is 18.2. The molecule has 168 valence electrons. The van der Waals surface area contributed by atoms with Crippen molar-refractivity contribution in [3.8, 4) is 17.2 Å². The van der Waals surface area contributed by atoms with Crippen LogP contribution >= 0.6 is 0 Å². The van der Waals surface area contributed by atoms with Gasteiger partial charge in [0, 0.05) is 6.07 Å². The number of ether oxygens (including phenoxy) is 2. The average Bonchev–Trinajstić information content (AvgIpc) is 3.24. The number of hydrogen-bond acceptors (Lipinski definition) is 5. The van der Waals surface area contributed by atoms with Crippen LogP contribution in [0.2, 0.25) is 0 Å². The van der Waals surface area contributed by atoms with Crippen LogP contribution < -0.4 is 14.8 Å². The summed E-state index contributed by atoms with van der Waals surface area (Å²) in [6.45, 7) is 1.81. The average molecular weight is 446 g/mol. The van der Waals surface area contributed by atoms with Gasteiger partial charge >= 0.3 is 0 Å². The normalized spacial score (nSPS) is 11.6. The first kappa shape index (κ1) is 22.0. The van der Waals surface area contributed by atoms with E-state index in [0.717, 1.165) is 11.3 Å². The van der Waals surface area contributed by atoms with Gasteiger partial charge < -0.3 is 14.8 Å². The fourth-order valence-electron chi connectivity index (χ4n) is 3.39. The molecule has 0 aliphatic rings. The highest BCUT2D eigenvalue weighted by molar-refractivity contribution is 5.93. The second kappa shape index (κ2) is 9.95. The molecule has 1 aromatic heterocycles. The van der Waals surface area contributed by atoms with Crippen molar-refractivity contribution in [3.05, 3.63) is 102 Å². The fraction of sp³-hybridized carbons (Fsp3) is 0.160. The molecule has 1 N–H and O–H groups in total. The molecule has 0 aliphatic heterocycles. The van der Waals surface area contributed by atoms with Crippen molar-refractivity contribution >= 4 is 5.91 Å². The first-order chi connectivity index (χ1) is 16.1. The number of carbonyl (C=O) groups excluding carboxylic acids is 1. The van der Waals surface area contributed by atoms with E-state index in [-0.39, 0.29) is 18.1 Å². The molecule has 1 unspecified atom stereocenters. The van der Waals surface area contributed by atoms with Gasteiger partial charge in [0.1, 0.15) is 12.4 Å². The predicted octanol–water partition coefficient (Wildman–Crippen LogP) is 4.27. The van der Waals surface area contributed by atoms with Gasteiger partial charge in [-0.1, -0.05) is 53.7 Å². The zero-order chi connectivity index (χ0) is 23.2. The van der Waals surface area contributed by atoms with E-state index in [4.69, 9.17) is 9.47 Å². The van der Waals surface area contributed by atoms with Crippen molar-refractivity contribution < 1.29 is 18.7 Å². The van der Waals surface area contributed by atoms with Crippen LogP contribution in [0.3, 0.4) is 0 Å². The highest BCUT2D eigenvalue weighted by Gasteiger charge is 2.22. The van der Waals surface area contributed by atoms with Crippen LogP contribution in [0, 0.1) is 12.7 Å². The van der Waals surface area contributed by atoms with Gasteiger partial charge in [0.2, 0.25) is 0 Å². The summed E-state index contributed by atoms with van der Waals surface area (Å²) in [4.78, 5) is 13.1. The lowest BCUT2D eigenvalue weighted by atomic mass is 10.1. The Kier molecular flexibility index (Phi) is 6.64. The lowest BCUT2D eigenvalue weighted by Gasteiger charge is -2.19. The van der Waals surface area contributed by atoms with Crippen molar-refractivity contribution in [2.45, 2.75) is 13.0 Å². The largest absolute Gasteiger partial charge is 0.497 e. The number of amides is 1. The zero-order valence-electron chi connectivity index (χ0n) is 18.2. The van der Waals surface area contributed by atoms with E-state index < -0.39 is 17.8 Å². The van der Waals surface area contributed by atoms with Crippen molar-refractivity contribution in [2.24, 2.45) is 0 Å². The van der Waals surface area contributed by atoms with E-state index in [1.165, 1.54) is 6.07 Å². The molecule has 4 rings (SSSR count). The Morgan fingerprint density at radius 1 is 1.06 bits per heavy atom. The molecule has 0 spiro atoms. The van der Waals surface area contributed by atoms with Crippen LogP contribution in [-0.2, 0) is 0 Å². The maximum absolute atomic E-state index is 14.0. The van der Waals surface area contributed by atoms with E-state index in [0.29, 0.717) is 11.4 Å². The highest BCUT2D eigenvalue weighted by Crippen LogP contribution is 2.21. The molecule has 1 amide bonds. The van der Waals surface area contributed by atoms with Gasteiger partial charge in [0.15, 0.2) is 17.3 Å². The minimum Gasteiger partial charge on any atom is -0.497 e. The minimum absolute atomic E-state index is 0.0414. The van der Waals surface area contributed by atoms with Crippen LogP contribution in [0.5, 0.6) is 11.5 Å². The number of nitrogens with zero attached hydrogens (tertiary/aromatic N) is 3. The van der Waals surface area contributed by atoms with Crippen molar-refractivity contribution in [3.63, 3.8) is 0 Å². The minimum atomic E-state index is -0.528. The number of methoxy groups -OCH3 is 1. The Morgan fingerprint density at radius 2 is 1.82 bits per heavy atom. The molecule has 4 aromatic rings. The van der Waals surface area contributed by atoms with E-state index in [1.54, 1.807) is 43.0 Å². The molecule has 0 saturated heterocycles. The van der Waals surface area contributed by atoms with E-state index >= 15 is 0 Å². The number of aromatic nitrogens is 3. The summed E-state index contributed by atoms with van der Waals surface area (Å²) in [5, 5.41) is 11.2. The van der Waals surface area contributed by atoms with Gasteiger partial charge in [0.05, 0.1) is 24.5 Å². The molecule has 8 heteroatoms. The van der Waals surface area contributed by atoms with Crippen LogP contribution in [0.15, 0.2) is 78.9 Å². The van der Waals surface area contributed by atoms with Gasteiger partial charge in [-0.15, -0.1) is 5.10 Å². The number of nitrogens with one attached hydrogen (secondary N) is 1. The van der Waals surface area contributed by atoms with Crippen molar-refractivity contribution in [2.75, 3.05) is 13.7 Å². The summed E-state index contributed by atoms with van der Waals surface area (Å²) in [5.74, 6) is -0.0870. The maximum Gasteiger partial charge on any atom is 0.274 e. The van der Waals surface area contributed by atoms with Crippen LogP contribution in [0.25, 0.3) is 5.69 Å². The number of carbonyl (C=O) groups is 1. The van der Waals surface area contributed by atoms with Gasteiger partial charge in [-0.25, -0.2) is 9.07 Å². The molecule has 3 aromatic carbocycles. The Hall–Kier alpha value is -4.20. The Labute approximate surface area is 190 Å². The Bertz CT molecular complexity index is 1240. The van der Waals surface area contributed by atoms with Crippen LogP contribution in [-0.4, -0.2) is 34.6 Å². The number of benzene rings is 3. The molecular formula is C25H23FN4O3. The van der Waals surface area contributed by atoms with Gasteiger partial charge in [-0.05, 0) is 36.8 Å². The molecular weight excluding hydrogens is 423 g/mol. The molecule has 1 heterocycles. The van der Waals surface area contributed by atoms with E-state index in [1.807, 2.05) is 48.5 Å². The quantitative estimate of drug-likeness (QED) is 0.437. The van der Waals surface area contributed by atoms with Crippen LogP contribution in [0.1, 0.15) is 27.8 Å². The molecule has 0 radical (unpaired) electrons. The predicted molar refractivity (Wildman–Crippen MR) is 121 cm³/mol. The van der Waals surface area contributed by atoms with E-state index in [2.05, 4.69) is 15.6 Å². The number of hydrogen-bond donors (Lipinski definition) is 1. The molecule has 0 aliphatic carbocycles. The Morgan fingerprint density at radius 3 is 2.58 bits per heavy atom. The fourth-order valence-corrected chi connectivity index (χ4v) is 3.39. The third-order valence-corrected chi connectivity index (χ3v) is 5.16. The summed E-state index contributed by atoms with van der Waals surface area (Å²) >= 11 is 0. The topological polar surface area (TPSA) is 78.3 Å². The highest BCUT2D eigenvalue weighted by atomic mass is 19.1. The number of para-hydroxylation sites is 1. The number of rotatable bonds is 8. The summed E-state index contributed by atoms with van der Waals surface area (Å²) in [6.07, 6.45) is 0. The lowest BCUT2D eigenvalue weighted by Crippen LogP contribution is -2.33. The first-order valence-corrected chi connectivity index (χ1v) is 10.4. The molecule has 33 heavy (non-hydrogen) atoms. The molecule has 7 nitrogen and oxygen atoms in total. The van der Waals surface area contributed by atoms with Crippen LogP contribution in [0.4, 0.5) is 4.39 Å². The van der Waals surface area contributed by atoms with E-state index in [9.17, 15) is 9.18 Å². The molecule has 0 fully saturated rings. The first-order valence-electron chi connectivity index (χ1n) is 10.4. The monoisotopic (exact) mass is 446 g/mol.